The van der Waals surface area contributed by atoms with Gasteiger partial charge in [0.05, 0.1) is 17.5 Å². The van der Waals surface area contributed by atoms with Crippen molar-refractivity contribution in [2.24, 2.45) is 0 Å². The van der Waals surface area contributed by atoms with E-state index >= 15 is 0 Å². The molecule has 3 aromatic rings. The van der Waals surface area contributed by atoms with Crippen LogP contribution in [-0.2, 0) is 4.79 Å². The molecule has 0 saturated carbocycles. The van der Waals surface area contributed by atoms with Gasteiger partial charge in [0.15, 0.2) is 0 Å². The maximum atomic E-state index is 12.6. The van der Waals surface area contributed by atoms with Gasteiger partial charge in [-0.1, -0.05) is 29.8 Å². The third-order valence-corrected chi connectivity index (χ3v) is 5.63. The van der Waals surface area contributed by atoms with Crippen LogP contribution in [0, 0.1) is 6.92 Å². The minimum absolute atomic E-state index is 0.103. The molecule has 0 fully saturated rings. The topological polar surface area (TPSA) is 67.4 Å². The average molecular weight is 435 g/mol. The summed E-state index contributed by atoms with van der Waals surface area (Å²) < 4.78 is 5.56. The Bertz CT molecular complexity index is 1050. The van der Waals surface area contributed by atoms with E-state index in [1.807, 2.05) is 87.5 Å². The number of thioether (sulfide) groups is 1. The summed E-state index contributed by atoms with van der Waals surface area (Å²) >= 11 is 1.45. The lowest BCUT2D eigenvalue weighted by molar-refractivity contribution is -0.115. The quantitative estimate of drug-likeness (QED) is 0.442. The van der Waals surface area contributed by atoms with Crippen molar-refractivity contribution in [1.29, 1.82) is 0 Å². The summed E-state index contributed by atoms with van der Waals surface area (Å²) in [5.74, 6) is 0.406. The van der Waals surface area contributed by atoms with Crippen LogP contribution in [0.1, 0.15) is 29.8 Å². The second kappa shape index (κ2) is 10.7. The number of carbonyl (C=O) groups is 2. The van der Waals surface area contributed by atoms with E-state index in [0.717, 1.165) is 10.5 Å². The number of rotatable bonds is 8. The number of anilines is 2. The molecule has 2 N–H and O–H groups in total. The van der Waals surface area contributed by atoms with Crippen molar-refractivity contribution in [2.45, 2.75) is 30.9 Å². The molecule has 0 aliphatic heterocycles. The molecular weight excluding hydrogens is 408 g/mol. The molecule has 2 amide bonds. The molecule has 0 aliphatic carbocycles. The number of hydrogen-bond acceptors (Lipinski definition) is 4. The van der Waals surface area contributed by atoms with Crippen molar-refractivity contribution >= 4 is 35.0 Å². The normalized spacial score (nSPS) is 11.5. The van der Waals surface area contributed by atoms with Crippen LogP contribution < -0.4 is 15.4 Å². The number of ether oxygens (including phenoxy) is 1. The van der Waals surface area contributed by atoms with Crippen molar-refractivity contribution in [3.05, 3.63) is 83.9 Å². The largest absolute Gasteiger partial charge is 0.492 e. The lowest BCUT2D eigenvalue weighted by Crippen LogP contribution is -2.22. The molecule has 1 atom stereocenters. The van der Waals surface area contributed by atoms with Crippen LogP contribution in [0.5, 0.6) is 5.75 Å². The summed E-state index contributed by atoms with van der Waals surface area (Å²) in [6.07, 6.45) is 0. The zero-order valence-electron chi connectivity index (χ0n) is 17.8. The smallest absolute Gasteiger partial charge is 0.255 e. The van der Waals surface area contributed by atoms with Crippen LogP contribution in [0.3, 0.4) is 0 Å². The Labute approximate surface area is 187 Å². The van der Waals surface area contributed by atoms with Gasteiger partial charge in [-0.05, 0) is 69.3 Å². The van der Waals surface area contributed by atoms with E-state index in [4.69, 9.17) is 4.74 Å². The fourth-order valence-corrected chi connectivity index (χ4v) is 3.82. The van der Waals surface area contributed by atoms with Crippen LogP contribution in [0.25, 0.3) is 0 Å². The van der Waals surface area contributed by atoms with Crippen LogP contribution in [0.15, 0.2) is 77.7 Å². The van der Waals surface area contributed by atoms with Gasteiger partial charge in [-0.3, -0.25) is 9.59 Å². The highest BCUT2D eigenvalue weighted by atomic mass is 32.2. The zero-order valence-corrected chi connectivity index (χ0v) is 18.7. The summed E-state index contributed by atoms with van der Waals surface area (Å²) in [4.78, 5) is 26.0. The van der Waals surface area contributed by atoms with E-state index in [9.17, 15) is 9.59 Å². The van der Waals surface area contributed by atoms with E-state index < -0.39 is 0 Å². The second-order valence-electron chi connectivity index (χ2n) is 7.03. The lowest BCUT2D eigenvalue weighted by atomic mass is 10.1. The Kier molecular flexibility index (Phi) is 7.73. The summed E-state index contributed by atoms with van der Waals surface area (Å²) in [6.45, 7) is 6.25. The number of nitrogens with one attached hydrogen (secondary N) is 2. The van der Waals surface area contributed by atoms with Crippen molar-refractivity contribution in [3.63, 3.8) is 0 Å². The van der Waals surface area contributed by atoms with E-state index in [1.165, 1.54) is 11.8 Å². The van der Waals surface area contributed by atoms with Gasteiger partial charge in [0.2, 0.25) is 5.91 Å². The highest BCUT2D eigenvalue weighted by Crippen LogP contribution is 2.28. The molecule has 0 heterocycles. The molecule has 3 aromatic carbocycles. The first-order valence-electron chi connectivity index (χ1n) is 10.1. The van der Waals surface area contributed by atoms with Gasteiger partial charge in [0.25, 0.3) is 5.91 Å². The first kappa shape index (κ1) is 22.4. The molecule has 31 heavy (non-hydrogen) atoms. The molecule has 0 bridgehead atoms. The molecule has 6 heteroatoms. The fourth-order valence-electron chi connectivity index (χ4n) is 2.95. The predicted molar refractivity (Wildman–Crippen MR) is 127 cm³/mol. The van der Waals surface area contributed by atoms with Crippen LogP contribution in [-0.4, -0.2) is 23.7 Å². The maximum absolute atomic E-state index is 12.6. The van der Waals surface area contributed by atoms with Crippen molar-refractivity contribution < 1.29 is 14.3 Å². The Morgan fingerprint density at radius 1 is 0.968 bits per heavy atom. The van der Waals surface area contributed by atoms with Gasteiger partial charge < -0.3 is 15.4 Å². The molecule has 3 rings (SSSR count). The van der Waals surface area contributed by atoms with E-state index in [0.29, 0.717) is 29.3 Å². The van der Waals surface area contributed by atoms with E-state index in [-0.39, 0.29) is 17.1 Å². The third-order valence-electron chi connectivity index (χ3n) is 4.52. The number of hydrogen-bond donors (Lipinski definition) is 2. The monoisotopic (exact) mass is 434 g/mol. The molecular formula is C25H26N2O3S. The Hall–Kier alpha value is -3.25. The first-order valence-corrected chi connectivity index (χ1v) is 11.0. The average Bonchev–Trinajstić information content (AvgIpc) is 2.76. The molecule has 0 aliphatic rings. The summed E-state index contributed by atoms with van der Waals surface area (Å²) in [5.41, 5.74) is 3.03. The van der Waals surface area contributed by atoms with Gasteiger partial charge >= 0.3 is 0 Å². The van der Waals surface area contributed by atoms with Gasteiger partial charge in [0, 0.05) is 16.1 Å². The Morgan fingerprint density at radius 2 is 1.71 bits per heavy atom. The molecule has 0 radical (unpaired) electrons. The summed E-state index contributed by atoms with van der Waals surface area (Å²) in [7, 11) is 0. The molecule has 0 spiro atoms. The van der Waals surface area contributed by atoms with Crippen molar-refractivity contribution in [1.82, 2.24) is 0 Å². The highest BCUT2D eigenvalue weighted by Gasteiger charge is 2.16. The van der Waals surface area contributed by atoms with Gasteiger partial charge in [0.1, 0.15) is 5.75 Å². The summed E-state index contributed by atoms with van der Waals surface area (Å²) in [5, 5.41) is 5.53. The Balaban J connectivity index is 1.58. The van der Waals surface area contributed by atoms with Crippen LogP contribution in [0.4, 0.5) is 11.4 Å². The molecule has 0 saturated heterocycles. The third kappa shape index (κ3) is 6.36. The zero-order chi connectivity index (χ0) is 22.2. The fraction of sp³-hybridized carbons (Fsp3) is 0.200. The number of aryl methyl sites for hydroxylation is 1. The summed E-state index contributed by atoms with van der Waals surface area (Å²) in [6, 6.07) is 22.3. The predicted octanol–water partition coefficient (Wildman–Crippen LogP) is 5.77. The van der Waals surface area contributed by atoms with Gasteiger partial charge in [-0.25, -0.2) is 0 Å². The Morgan fingerprint density at radius 3 is 2.42 bits per heavy atom. The van der Waals surface area contributed by atoms with Crippen LogP contribution >= 0.6 is 11.8 Å². The minimum atomic E-state index is -0.303. The van der Waals surface area contributed by atoms with Crippen molar-refractivity contribution in [2.75, 3.05) is 17.2 Å². The number of amides is 2. The SMILES string of the molecule is CCOc1ccccc1NC(=O)C(C)Sc1ccc(NC(=O)c2cccc(C)c2)cc1. The van der Waals surface area contributed by atoms with Crippen LogP contribution in [0.2, 0.25) is 0 Å². The molecule has 0 aromatic heterocycles. The number of para-hydroxylation sites is 2. The maximum Gasteiger partial charge on any atom is 0.255 e. The van der Waals surface area contributed by atoms with E-state index in [1.54, 1.807) is 6.07 Å². The van der Waals surface area contributed by atoms with Gasteiger partial charge in [-0.15, -0.1) is 11.8 Å². The number of carbonyl (C=O) groups excluding carboxylic acids is 2. The second-order valence-corrected chi connectivity index (χ2v) is 8.44. The lowest BCUT2D eigenvalue weighted by Gasteiger charge is -2.15. The van der Waals surface area contributed by atoms with Gasteiger partial charge in [-0.2, -0.15) is 0 Å². The standard InChI is InChI=1S/C25H26N2O3S/c1-4-30-23-11-6-5-10-22(23)27-24(28)18(3)31-21-14-12-20(13-15-21)26-25(29)19-9-7-8-17(2)16-19/h5-16,18H,4H2,1-3H3,(H,26,29)(H,27,28). The highest BCUT2D eigenvalue weighted by molar-refractivity contribution is 8.00. The minimum Gasteiger partial charge on any atom is -0.492 e. The number of benzene rings is 3. The molecule has 1 unspecified atom stereocenters. The first-order chi connectivity index (χ1) is 15.0. The van der Waals surface area contributed by atoms with E-state index in [2.05, 4.69) is 10.6 Å². The molecule has 5 nitrogen and oxygen atoms in total. The van der Waals surface area contributed by atoms with Crippen molar-refractivity contribution in [3.8, 4) is 5.75 Å². The molecule has 160 valence electrons.